The minimum absolute atomic E-state index is 0.0942. The summed E-state index contributed by atoms with van der Waals surface area (Å²) in [4.78, 5) is 13.0. The lowest BCUT2D eigenvalue weighted by Gasteiger charge is -2.29. The fraction of sp³-hybridized carbons (Fsp3) is 0.458. The van der Waals surface area contributed by atoms with Gasteiger partial charge in [-0.3, -0.25) is 9.10 Å². The molecule has 2 aromatic carbocycles. The van der Waals surface area contributed by atoms with Crippen molar-refractivity contribution >= 4 is 31.6 Å². The summed E-state index contributed by atoms with van der Waals surface area (Å²) >= 11 is 0. The molecule has 4 rings (SSSR count). The fourth-order valence-corrected chi connectivity index (χ4v) is 6.69. The average Bonchev–Trinajstić information content (AvgIpc) is 2.91. The minimum atomic E-state index is -3.80. The van der Waals surface area contributed by atoms with Gasteiger partial charge in [-0.05, 0) is 43.3 Å². The Morgan fingerprint density at radius 3 is 2.32 bits per heavy atom. The average molecular weight is 570 g/mol. The number of ether oxygens (including phenoxy) is 4. The van der Waals surface area contributed by atoms with Gasteiger partial charge in [0.2, 0.25) is 26.0 Å². The first kappa shape index (κ1) is 28.0. The first-order chi connectivity index (χ1) is 18.1. The van der Waals surface area contributed by atoms with E-state index < -0.39 is 32.0 Å². The first-order valence-corrected chi connectivity index (χ1v) is 15.3. The van der Waals surface area contributed by atoms with Crippen molar-refractivity contribution in [3.63, 3.8) is 0 Å². The molecule has 208 valence electrons. The maximum Gasteiger partial charge on any atom is 0.243 e. The van der Waals surface area contributed by atoms with Gasteiger partial charge in [0.25, 0.3) is 0 Å². The van der Waals surface area contributed by atoms with E-state index in [1.807, 2.05) is 0 Å². The van der Waals surface area contributed by atoms with Gasteiger partial charge >= 0.3 is 0 Å². The van der Waals surface area contributed by atoms with Gasteiger partial charge in [0.15, 0.2) is 11.5 Å². The summed E-state index contributed by atoms with van der Waals surface area (Å²) in [7, 11) is -7.40. The largest absolute Gasteiger partial charge is 0.492 e. The van der Waals surface area contributed by atoms with Crippen LogP contribution in [-0.4, -0.2) is 92.0 Å². The Kier molecular flexibility index (Phi) is 8.65. The molecule has 0 spiro atoms. The Morgan fingerprint density at radius 2 is 1.66 bits per heavy atom. The smallest absolute Gasteiger partial charge is 0.243 e. The second-order valence-electron chi connectivity index (χ2n) is 8.69. The lowest BCUT2D eigenvalue weighted by atomic mass is 10.2. The van der Waals surface area contributed by atoms with Crippen molar-refractivity contribution in [2.45, 2.75) is 17.9 Å². The van der Waals surface area contributed by atoms with Gasteiger partial charge in [0, 0.05) is 19.2 Å². The molecule has 2 aromatic rings. The summed E-state index contributed by atoms with van der Waals surface area (Å²) in [6.45, 7) is 3.79. The molecule has 38 heavy (non-hydrogen) atoms. The molecule has 2 aliphatic rings. The maximum absolute atomic E-state index is 12.8. The molecule has 1 N–H and O–H groups in total. The Balaban J connectivity index is 1.32. The molecule has 0 saturated carbocycles. The van der Waals surface area contributed by atoms with Crippen LogP contribution in [0.5, 0.6) is 17.2 Å². The van der Waals surface area contributed by atoms with Crippen LogP contribution in [0.25, 0.3) is 0 Å². The zero-order valence-electron chi connectivity index (χ0n) is 21.2. The van der Waals surface area contributed by atoms with E-state index in [0.717, 1.165) is 10.6 Å². The van der Waals surface area contributed by atoms with Crippen molar-refractivity contribution in [3.8, 4) is 17.2 Å². The van der Waals surface area contributed by atoms with Crippen LogP contribution in [0.1, 0.15) is 6.92 Å². The zero-order valence-corrected chi connectivity index (χ0v) is 22.8. The van der Waals surface area contributed by atoms with Crippen LogP contribution in [0, 0.1) is 0 Å². The number of benzene rings is 2. The van der Waals surface area contributed by atoms with Crippen LogP contribution in [0.3, 0.4) is 0 Å². The number of rotatable bonds is 10. The van der Waals surface area contributed by atoms with E-state index in [2.05, 4.69) is 5.32 Å². The van der Waals surface area contributed by atoms with Crippen LogP contribution in [0.15, 0.2) is 47.4 Å². The van der Waals surface area contributed by atoms with E-state index in [9.17, 15) is 21.6 Å². The lowest BCUT2D eigenvalue weighted by molar-refractivity contribution is -0.121. The molecular formula is C24H31N3O9S2. The molecule has 12 nitrogen and oxygen atoms in total. The van der Waals surface area contributed by atoms with Crippen LogP contribution in [-0.2, 0) is 29.6 Å². The molecule has 0 bridgehead atoms. The molecule has 14 heteroatoms. The van der Waals surface area contributed by atoms with E-state index in [4.69, 9.17) is 18.9 Å². The number of morpholine rings is 1. The van der Waals surface area contributed by atoms with Crippen LogP contribution >= 0.6 is 0 Å². The highest BCUT2D eigenvalue weighted by molar-refractivity contribution is 7.92. The molecule has 0 aliphatic carbocycles. The summed E-state index contributed by atoms with van der Waals surface area (Å²) in [5, 5.41) is 2.68. The van der Waals surface area contributed by atoms with E-state index in [0.29, 0.717) is 56.8 Å². The predicted octanol–water partition coefficient (Wildman–Crippen LogP) is 0.828. The second-order valence-corrected chi connectivity index (χ2v) is 12.5. The highest BCUT2D eigenvalue weighted by Crippen LogP contribution is 2.35. The molecule has 1 atom stereocenters. The number of sulfonamides is 2. The molecule has 1 amide bonds. The van der Waals surface area contributed by atoms with Gasteiger partial charge < -0.3 is 24.3 Å². The second kappa shape index (κ2) is 11.8. The van der Waals surface area contributed by atoms with Crippen LogP contribution < -0.4 is 23.8 Å². The lowest BCUT2D eigenvalue weighted by Crippen LogP contribution is -2.48. The molecule has 1 unspecified atom stereocenters. The highest BCUT2D eigenvalue weighted by Gasteiger charge is 2.30. The molecule has 0 aromatic heterocycles. The first-order valence-electron chi connectivity index (χ1n) is 12.0. The molecule has 1 saturated heterocycles. The van der Waals surface area contributed by atoms with E-state index in [-0.39, 0.29) is 23.7 Å². The normalized spacial score (nSPS) is 16.9. The number of amides is 1. The monoisotopic (exact) mass is 569 g/mol. The van der Waals surface area contributed by atoms with Crippen LogP contribution in [0.2, 0.25) is 0 Å². The number of hydrogen-bond acceptors (Lipinski definition) is 9. The van der Waals surface area contributed by atoms with Crippen molar-refractivity contribution in [1.29, 1.82) is 0 Å². The fourth-order valence-electron chi connectivity index (χ4n) is 4.11. The molecule has 2 aliphatic heterocycles. The van der Waals surface area contributed by atoms with Gasteiger partial charge in [0.05, 0.1) is 36.6 Å². The zero-order chi connectivity index (χ0) is 27.3. The van der Waals surface area contributed by atoms with Crippen LogP contribution in [0.4, 0.5) is 5.69 Å². The number of carbonyl (C=O) groups excluding carboxylic acids is 1. The van der Waals surface area contributed by atoms with Gasteiger partial charge in [-0.25, -0.2) is 16.8 Å². The third-order valence-corrected chi connectivity index (χ3v) is 9.12. The van der Waals surface area contributed by atoms with Gasteiger partial charge in [-0.2, -0.15) is 4.31 Å². The Bertz CT molecular complexity index is 1340. The predicted molar refractivity (Wildman–Crippen MR) is 139 cm³/mol. The topological polar surface area (TPSA) is 141 Å². The van der Waals surface area contributed by atoms with Gasteiger partial charge in [0.1, 0.15) is 31.6 Å². The number of carbonyl (C=O) groups is 1. The Hall–Kier alpha value is -3.07. The van der Waals surface area contributed by atoms with Crippen molar-refractivity contribution in [2.24, 2.45) is 0 Å². The molecule has 2 heterocycles. The van der Waals surface area contributed by atoms with Crippen molar-refractivity contribution in [2.75, 3.05) is 63.2 Å². The van der Waals surface area contributed by atoms with Crippen molar-refractivity contribution in [1.82, 2.24) is 9.62 Å². The van der Waals surface area contributed by atoms with Gasteiger partial charge in [-0.1, -0.05) is 0 Å². The summed E-state index contributed by atoms with van der Waals surface area (Å²) in [5.41, 5.74) is 0.280. The van der Waals surface area contributed by atoms with Gasteiger partial charge in [-0.15, -0.1) is 0 Å². The Labute approximate surface area is 222 Å². The van der Waals surface area contributed by atoms with E-state index >= 15 is 0 Å². The molecule has 1 fully saturated rings. The minimum Gasteiger partial charge on any atom is -0.492 e. The SMILES string of the molecule is CC(C(=O)NCCOc1ccc(S(=O)(=O)N2CCOCC2)cc1)N(c1ccc2c(c1)OCCO2)S(C)(=O)=O. The molecule has 0 radical (unpaired) electrons. The number of nitrogens with zero attached hydrogens (tertiary/aromatic N) is 2. The summed E-state index contributed by atoms with van der Waals surface area (Å²) in [6, 6.07) is 9.69. The van der Waals surface area contributed by atoms with E-state index in [1.165, 1.54) is 29.4 Å². The summed E-state index contributed by atoms with van der Waals surface area (Å²) in [6.07, 6.45) is 1.03. The number of nitrogens with one attached hydrogen (secondary N) is 1. The summed E-state index contributed by atoms with van der Waals surface area (Å²) < 4.78 is 74.8. The summed E-state index contributed by atoms with van der Waals surface area (Å²) in [5.74, 6) is 0.838. The van der Waals surface area contributed by atoms with Crippen molar-refractivity contribution < 1.29 is 40.6 Å². The maximum atomic E-state index is 12.8. The third kappa shape index (κ3) is 6.49. The number of hydrogen-bond donors (Lipinski definition) is 1. The molecular weight excluding hydrogens is 538 g/mol. The highest BCUT2D eigenvalue weighted by atomic mass is 32.2. The number of fused-ring (bicyclic) bond motifs is 1. The standard InChI is InChI=1S/C24H31N3O9S2/c1-18(27(37(2,29)30)19-3-8-22-23(17-19)36-16-15-35-22)24(28)25-9-12-34-20-4-6-21(7-5-20)38(31,32)26-10-13-33-14-11-26/h3-8,17-18H,9-16H2,1-2H3,(H,25,28). The Morgan fingerprint density at radius 1 is 1.00 bits per heavy atom. The quantitative estimate of drug-likeness (QED) is 0.412. The van der Waals surface area contributed by atoms with Crippen molar-refractivity contribution in [3.05, 3.63) is 42.5 Å². The van der Waals surface area contributed by atoms with E-state index in [1.54, 1.807) is 24.3 Å². The third-order valence-electron chi connectivity index (χ3n) is 5.97. The number of anilines is 1.